The molecule has 4 heteroatoms. The van der Waals surface area contributed by atoms with Crippen LogP contribution in [-0.4, -0.2) is 21.5 Å². The Morgan fingerprint density at radius 2 is 1.95 bits per heavy atom. The fourth-order valence-electron chi connectivity index (χ4n) is 3.87. The van der Waals surface area contributed by atoms with Crippen molar-refractivity contribution >= 4 is 0 Å². The Bertz CT molecular complexity index is 569. The third-order valence-electron chi connectivity index (χ3n) is 4.85. The standard InChI is InChI=1S/C17H24N4/c1-3-18-16(15-13-19-20-21(15)2)17(11-7-8-12-17)14-9-5-4-6-10-14/h4-6,9-10,13,16,18H,3,7-8,11-12H2,1-2H3. The van der Waals surface area contributed by atoms with Gasteiger partial charge in [-0.3, -0.25) is 4.68 Å². The van der Waals surface area contributed by atoms with Crippen molar-refractivity contribution in [3.8, 4) is 0 Å². The molecule has 1 aliphatic rings. The number of nitrogens with zero attached hydrogens (tertiary/aromatic N) is 3. The molecule has 1 aliphatic carbocycles. The van der Waals surface area contributed by atoms with Crippen molar-refractivity contribution in [3.05, 3.63) is 47.8 Å². The maximum absolute atomic E-state index is 4.14. The minimum atomic E-state index is 0.159. The second kappa shape index (κ2) is 5.98. The highest BCUT2D eigenvalue weighted by Gasteiger charge is 2.44. The van der Waals surface area contributed by atoms with Crippen LogP contribution in [0.2, 0.25) is 0 Å². The van der Waals surface area contributed by atoms with Crippen molar-refractivity contribution in [1.29, 1.82) is 0 Å². The summed E-state index contributed by atoms with van der Waals surface area (Å²) < 4.78 is 1.91. The second-order valence-electron chi connectivity index (χ2n) is 6.00. The number of benzene rings is 1. The molecular formula is C17H24N4. The number of hydrogen-bond acceptors (Lipinski definition) is 3. The summed E-state index contributed by atoms with van der Waals surface area (Å²) in [7, 11) is 1.99. The Morgan fingerprint density at radius 1 is 1.24 bits per heavy atom. The fraction of sp³-hybridized carbons (Fsp3) is 0.529. The summed E-state index contributed by atoms with van der Waals surface area (Å²) in [5.41, 5.74) is 2.78. The van der Waals surface area contributed by atoms with Crippen LogP contribution in [0.1, 0.15) is 49.9 Å². The molecule has 112 valence electrons. The molecule has 0 amide bonds. The highest BCUT2D eigenvalue weighted by molar-refractivity contribution is 5.32. The van der Waals surface area contributed by atoms with Gasteiger partial charge in [0.2, 0.25) is 0 Å². The topological polar surface area (TPSA) is 42.7 Å². The summed E-state index contributed by atoms with van der Waals surface area (Å²) in [4.78, 5) is 0. The molecule has 1 aromatic carbocycles. The van der Waals surface area contributed by atoms with E-state index in [1.165, 1.54) is 36.9 Å². The monoisotopic (exact) mass is 284 g/mol. The predicted molar refractivity (Wildman–Crippen MR) is 84.0 cm³/mol. The van der Waals surface area contributed by atoms with Gasteiger partial charge in [-0.1, -0.05) is 55.3 Å². The van der Waals surface area contributed by atoms with E-state index in [0.717, 1.165) is 6.54 Å². The van der Waals surface area contributed by atoms with Crippen molar-refractivity contribution in [2.75, 3.05) is 6.54 Å². The van der Waals surface area contributed by atoms with Crippen LogP contribution in [0.3, 0.4) is 0 Å². The zero-order valence-corrected chi connectivity index (χ0v) is 12.9. The largest absolute Gasteiger partial charge is 0.308 e. The smallest absolute Gasteiger partial charge is 0.0762 e. The van der Waals surface area contributed by atoms with E-state index in [9.17, 15) is 0 Å². The molecule has 1 saturated carbocycles. The number of rotatable bonds is 5. The number of likely N-dealkylation sites (N-methyl/N-ethyl adjacent to an activating group) is 1. The van der Waals surface area contributed by atoms with E-state index in [4.69, 9.17) is 0 Å². The van der Waals surface area contributed by atoms with Crippen molar-refractivity contribution in [2.24, 2.45) is 7.05 Å². The van der Waals surface area contributed by atoms with Gasteiger partial charge in [-0.2, -0.15) is 0 Å². The molecule has 1 N–H and O–H groups in total. The van der Waals surface area contributed by atoms with Gasteiger partial charge < -0.3 is 5.32 Å². The molecule has 21 heavy (non-hydrogen) atoms. The summed E-state index contributed by atoms with van der Waals surface area (Å²) in [5.74, 6) is 0. The quantitative estimate of drug-likeness (QED) is 0.918. The van der Waals surface area contributed by atoms with Crippen LogP contribution >= 0.6 is 0 Å². The van der Waals surface area contributed by atoms with E-state index in [2.05, 4.69) is 52.9 Å². The minimum absolute atomic E-state index is 0.159. The average Bonchev–Trinajstić information content (AvgIpc) is 3.16. The van der Waals surface area contributed by atoms with Crippen molar-refractivity contribution < 1.29 is 0 Å². The Balaban J connectivity index is 2.07. The zero-order chi connectivity index (χ0) is 14.7. The van der Waals surface area contributed by atoms with Gasteiger partial charge in [-0.05, 0) is 24.9 Å². The Hall–Kier alpha value is -1.68. The Kier molecular flexibility index (Phi) is 4.06. The maximum atomic E-state index is 4.14. The van der Waals surface area contributed by atoms with Gasteiger partial charge in [0.1, 0.15) is 0 Å². The second-order valence-corrected chi connectivity index (χ2v) is 6.00. The summed E-state index contributed by atoms with van der Waals surface area (Å²) in [5, 5.41) is 11.9. The molecule has 4 nitrogen and oxygen atoms in total. The molecule has 0 bridgehead atoms. The lowest BCUT2D eigenvalue weighted by atomic mass is 9.71. The van der Waals surface area contributed by atoms with Crippen LogP contribution in [0.4, 0.5) is 0 Å². The van der Waals surface area contributed by atoms with Gasteiger partial charge in [0.05, 0.1) is 17.9 Å². The average molecular weight is 284 g/mol. The van der Waals surface area contributed by atoms with Crippen LogP contribution in [-0.2, 0) is 12.5 Å². The van der Waals surface area contributed by atoms with Crippen LogP contribution in [0.5, 0.6) is 0 Å². The van der Waals surface area contributed by atoms with Gasteiger partial charge in [0, 0.05) is 12.5 Å². The first-order valence-corrected chi connectivity index (χ1v) is 7.91. The molecule has 1 atom stereocenters. The van der Waals surface area contributed by atoms with E-state index in [1.54, 1.807) is 0 Å². The molecule has 0 spiro atoms. The van der Waals surface area contributed by atoms with Crippen molar-refractivity contribution in [3.63, 3.8) is 0 Å². The molecule has 1 unspecified atom stereocenters. The molecule has 0 saturated heterocycles. The van der Waals surface area contributed by atoms with E-state index in [1.807, 2.05) is 17.9 Å². The molecular weight excluding hydrogens is 260 g/mol. The summed E-state index contributed by atoms with van der Waals surface area (Å²) in [6, 6.07) is 11.2. The normalized spacial score (nSPS) is 18.8. The molecule has 2 aromatic rings. The van der Waals surface area contributed by atoms with Gasteiger partial charge in [0.25, 0.3) is 0 Å². The van der Waals surface area contributed by atoms with Gasteiger partial charge >= 0.3 is 0 Å². The van der Waals surface area contributed by atoms with Crippen LogP contribution in [0.15, 0.2) is 36.5 Å². The summed E-state index contributed by atoms with van der Waals surface area (Å²) in [6.45, 7) is 3.12. The third kappa shape index (κ3) is 2.48. The van der Waals surface area contributed by atoms with E-state index in [0.29, 0.717) is 0 Å². The third-order valence-corrected chi connectivity index (χ3v) is 4.85. The molecule has 1 heterocycles. The van der Waals surface area contributed by atoms with Gasteiger partial charge in [-0.15, -0.1) is 5.10 Å². The fourth-order valence-corrected chi connectivity index (χ4v) is 3.87. The van der Waals surface area contributed by atoms with Gasteiger partial charge in [-0.25, -0.2) is 0 Å². The number of aryl methyl sites for hydroxylation is 1. The first-order valence-electron chi connectivity index (χ1n) is 7.91. The lowest BCUT2D eigenvalue weighted by Gasteiger charge is -2.38. The van der Waals surface area contributed by atoms with E-state index >= 15 is 0 Å². The first-order chi connectivity index (χ1) is 10.3. The highest BCUT2D eigenvalue weighted by atomic mass is 15.4. The first kappa shape index (κ1) is 14.3. The predicted octanol–water partition coefficient (Wildman–Crippen LogP) is 2.98. The van der Waals surface area contributed by atoms with E-state index < -0.39 is 0 Å². The van der Waals surface area contributed by atoms with E-state index in [-0.39, 0.29) is 11.5 Å². The molecule has 1 aromatic heterocycles. The number of nitrogens with one attached hydrogen (secondary N) is 1. The van der Waals surface area contributed by atoms with Crippen LogP contribution in [0.25, 0.3) is 0 Å². The van der Waals surface area contributed by atoms with Gasteiger partial charge in [0.15, 0.2) is 0 Å². The maximum Gasteiger partial charge on any atom is 0.0762 e. The number of hydrogen-bond donors (Lipinski definition) is 1. The summed E-state index contributed by atoms with van der Waals surface area (Å²) in [6.07, 6.45) is 6.94. The van der Waals surface area contributed by atoms with Crippen LogP contribution < -0.4 is 5.32 Å². The van der Waals surface area contributed by atoms with Crippen molar-refractivity contribution in [1.82, 2.24) is 20.3 Å². The molecule has 0 radical (unpaired) electrons. The number of aromatic nitrogens is 3. The summed E-state index contributed by atoms with van der Waals surface area (Å²) >= 11 is 0. The molecule has 3 rings (SSSR count). The Morgan fingerprint density at radius 3 is 2.52 bits per heavy atom. The van der Waals surface area contributed by atoms with Crippen LogP contribution in [0, 0.1) is 0 Å². The van der Waals surface area contributed by atoms with Crippen molar-refractivity contribution in [2.45, 2.75) is 44.1 Å². The SMILES string of the molecule is CCNC(c1cnnn1C)C1(c2ccccc2)CCCC1. The Labute approximate surface area is 126 Å². The minimum Gasteiger partial charge on any atom is -0.308 e. The highest BCUT2D eigenvalue weighted by Crippen LogP contribution is 2.49. The zero-order valence-electron chi connectivity index (χ0n) is 12.9. The molecule has 0 aliphatic heterocycles. The lowest BCUT2D eigenvalue weighted by Crippen LogP contribution is -2.41. The molecule has 1 fully saturated rings. The lowest BCUT2D eigenvalue weighted by molar-refractivity contribution is 0.292.